The second kappa shape index (κ2) is 7.03. The minimum atomic E-state index is -0.113. The Labute approximate surface area is 143 Å². The molecular formula is C19H27N3O2. The number of aryl methyl sites for hydroxylation is 1. The molecule has 0 radical (unpaired) electrons. The van der Waals surface area contributed by atoms with E-state index in [1.807, 2.05) is 0 Å². The standard InChI is InChI=1S/C19H27N3O2/c1-19(2,3)18-20-17(24-21-18)13-22(11-6-12-23)16-10-9-14-7-4-5-8-15(14)16/h4-5,7-8,16,23H,6,9-13H2,1-3H3/t16-/m0/s1. The summed E-state index contributed by atoms with van der Waals surface area (Å²) in [6, 6.07) is 8.99. The highest BCUT2D eigenvalue weighted by molar-refractivity contribution is 5.34. The van der Waals surface area contributed by atoms with Gasteiger partial charge in [-0.05, 0) is 30.4 Å². The van der Waals surface area contributed by atoms with Gasteiger partial charge in [-0.15, -0.1) is 0 Å². The molecule has 0 unspecified atom stereocenters. The minimum absolute atomic E-state index is 0.113. The highest BCUT2D eigenvalue weighted by Gasteiger charge is 2.29. The summed E-state index contributed by atoms with van der Waals surface area (Å²) in [6.07, 6.45) is 2.96. The second-order valence-electron chi connectivity index (χ2n) is 7.56. The molecule has 3 rings (SSSR count). The molecule has 1 aliphatic rings. The highest BCUT2D eigenvalue weighted by atomic mass is 16.5. The summed E-state index contributed by atoms with van der Waals surface area (Å²) in [6.45, 7) is 7.89. The third-order valence-corrected chi connectivity index (χ3v) is 4.62. The van der Waals surface area contributed by atoms with E-state index in [2.05, 4.69) is 60.1 Å². The first-order chi connectivity index (χ1) is 11.5. The molecule has 0 bridgehead atoms. The molecule has 0 amide bonds. The Kier molecular flexibility index (Phi) is 5.01. The molecule has 5 heteroatoms. The Morgan fingerprint density at radius 2 is 2.08 bits per heavy atom. The number of aliphatic hydroxyl groups excluding tert-OH is 1. The molecule has 0 spiro atoms. The van der Waals surface area contributed by atoms with Crippen LogP contribution in [0.1, 0.15) is 62.5 Å². The quantitative estimate of drug-likeness (QED) is 0.881. The van der Waals surface area contributed by atoms with Crippen LogP contribution in [0, 0.1) is 0 Å². The predicted molar refractivity (Wildman–Crippen MR) is 92.6 cm³/mol. The SMILES string of the molecule is CC(C)(C)c1noc(CN(CCCO)[C@H]2CCc3ccccc32)n1. The summed E-state index contributed by atoms with van der Waals surface area (Å²) in [5, 5.41) is 13.4. The average Bonchev–Trinajstić information content (AvgIpc) is 3.18. The molecule has 5 nitrogen and oxygen atoms in total. The fourth-order valence-corrected chi connectivity index (χ4v) is 3.33. The first-order valence-corrected chi connectivity index (χ1v) is 8.75. The number of hydrogen-bond acceptors (Lipinski definition) is 5. The molecule has 130 valence electrons. The molecule has 1 heterocycles. The van der Waals surface area contributed by atoms with E-state index in [1.165, 1.54) is 11.1 Å². The van der Waals surface area contributed by atoms with Crippen molar-refractivity contribution in [1.82, 2.24) is 15.0 Å². The van der Waals surface area contributed by atoms with E-state index in [4.69, 9.17) is 4.52 Å². The van der Waals surface area contributed by atoms with Gasteiger partial charge in [0.05, 0.1) is 6.54 Å². The molecule has 1 aromatic heterocycles. The van der Waals surface area contributed by atoms with Crippen LogP contribution in [-0.4, -0.2) is 33.3 Å². The molecule has 2 aromatic rings. The number of aromatic nitrogens is 2. The molecule has 1 aromatic carbocycles. The maximum absolute atomic E-state index is 9.25. The molecule has 0 saturated carbocycles. The van der Waals surface area contributed by atoms with Crippen LogP contribution in [0.2, 0.25) is 0 Å². The van der Waals surface area contributed by atoms with Crippen molar-refractivity contribution in [3.05, 3.63) is 47.1 Å². The van der Waals surface area contributed by atoms with Crippen molar-refractivity contribution in [2.24, 2.45) is 0 Å². The molecular weight excluding hydrogens is 302 g/mol. The van der Waals surface area contributed by atoms with Gasteiger partial charge in [0.15, 0.2) is 5.82 Å². The van der Waals surface area contributed by atoms with Gasteiger partial charge in [-0.3, -0.25) is 4.90 Å². The van der Waals surface area contributed by atoms with E-state index in [0.717, 1.165) is 31.6 Å². The number of rotatable bonds is 6. The van der Waals surface area contributed by atoms with Crippen molar-refractivity contribution in [3.8, 4) is 0 Å². The van der Waals surface area contributed by atoms with E-state index in [1.54, 1.807) is 0 Å². The normalized spacial score (nSPS) is 17.5. The number of nitrogens with zero attached hydrogens (tertiary/aromatic N) is 3. The lowest BCUT2D eigenvalue weighted by atomic mass is 9.96. The molecule has 24 heavy (non-hydrogen) atoms. The van der Waals surface area contributed by atoms with E-state index in [-0.39, 0.29) is 12.0 Å². The van der Waals surface area contributed by atoms with Crippen molar-refractivity contribution < 1.29 is 9.63 Å². The summed E-state index contributed by atoms with van der Waals surface area (Å²) in [7, 11) is 0. The van der Waals surface area contributed by atoms with Crippen LogP contribution in [0.15, 0.2) is 28.8 Å². The maximum atomic E-state index is 9.25. The topological polar surface area (TPSA) is 62.4 Å². The van der Waals surface area contributed by atoms with Gasteiger partial charge in [0.25, 0.3) is 0 Å². The van der Waals surface area contributed by atoms with Crippen LogP contribution in [0.25, 0.3) is 0 Å². The summed E-state index contributed by atoms with van der Waals surface area (Å²) >= 11 is 0. The third kappa shape index (κ3) is 3.68. The van der Waals surface area contributed by atoms with Crippen LogP contribution in [0.3, 0.4) is 0 Å². The van der Waals surface area contributed by atoms with Gasteiger partial charge < -0.3 is 9.63 Å². The zero-order valence-electron chi connectivity index (χ0n) is 14.8. The fraction of sp³-hybridized carbons (Fsp3) is 0.579. The fourth-order valence-electron chi connectivity index (χ4n) is 3.33. The zero-order chi connectivity index (χ0) is 17.2. The third-order valence-electron chi connectivity index (χ3n) is 4.62. The van der Waals surface area contributed by atoms with Gasteiger partial charge in [0.1, 0.15) is 0 Å². The lowest BCUT2D eigenvalue weighted by Gasteiger charge is -2.28. The van der Waals surface area contributed by atoms with Crippen LogP contribution < -0.4 is 0 Å². The Balaban J connectivity index is 1.79. The Morgan fingerprint density at radius 1 is 1.29 bits per heavy atom. The van der Waals surface area contributed by atoms with Crippen LogP contribution >= 0.6 is 0 Å². The number of benzene rings is 1. The van der Waals surface area contributed by atoms with Crippen molar-refractivity contribution in [1.29, 1.82) is 0 Å². The Bertz CT molecular complexity index is 675. The van der Waals surface area contributed by atoms with Gasteiger partial charge in [0, 0.05) is 24.6 Å². The van der Waals surface area contributed by atoms with Gasteiger partial charge in [-0.1, -0.05) is 50.2 Å². The number of fused-ring (bicyclic) bond motifs is 1. The van der Waals surface area contributed by atoms with Crippen molar-refractivity contribution >= 4 is 0 Å². The molecule has 0 fully saturated rings. The number of hydrogen-bond donors (Lipinski definition) is 1. The molecule has 1 atom stereocenters. The smallest absolute Gasteiger partial charge is 0.240 e. The van der Waals surface area contributed by atoms with E-state index in [0.29, 0.717) is 18.5 Å². The van der Waals surface area contributed by atoms with Gasteiger partial charge in [-0.25, -0.2) is 0 Å². The first kappa shape index (κ1) is 17.1. The van der Waals surface area contributed by atoms with E-state index in [9.17, 15) is 5.11 Å². The Hall–Kier alpha value is -1.72. The second-order valence-corrected chi connectivity index (χ2v) is 7.56. The average molecular weight is 329 g/mol. The summed E-state index contributed by atoms with van der Waals surface area (Å²) in [5.74, 6) is 1.40. The monoisotopic (exact) mass is 329 g/mol. The first-order valence-electron chi connectivity index (χ1n) is 8.75. The summed E-state index contributed by atoms with van der Waals surface area (Å²) in [5.41, 5.74) is 2.71. The predicted octanol–water partition coefficient (Wildman–Crippen LogP) is 3.24. The highest BCUT2D eigenvalue weighted by Crippen LogP contribution is 2.36. The minimum Gasteiger partial charge on any atom is -0.396 e. The molecule has 0 saturated heterocycles. The van der Waals surface area contributed by atoms with Crippen molar-refractivity contribution in [2.75, 3.05) is 13.2 Å². The van der Waals surface area contributed by atoms with E-state index >= 15 is 0 Å². The molecule has 1 N–H and O–H groups in total. The lowest BCUT2D eigenvalue weighted by molar-refractivity contribution is 0.147. The molecule has 0 aliphatic heterocycles. The van der Waals surface area contributed by atoms with E-state index < -0.39 is 0 Å². The zero-order valence-corrected chi connectivity index (χ0v) is 14.8. The maximum Gasteiger partial charge on any atom is 0.240 e. The van der Waals surface area contributed by atoms with Gasteiger partial charge in [0.2, 0.25) is 5.89 Å². The van der Waals surface area contributed by atoms with Crippen LogP contribution in [-0.2, 0) is 18.4 Å². The Morgan fingerprint density at radius 3 is 2.79 bits per heavy atom. The summed E-state index contributed by atoms with van der Waals surface area (Å²) < 4.78 is 5.48. The van der Waals surface area contributed by atoms with Crippen LogP contribution in [0.5, 0.6) is 0 Å². The van der Waals surface area contributed by atoms with Gasteiger partial charge >= 0.3 is 0 Å². The molecule has 1 aliphatic carbocycles. The largest absolute Gasteiger partial charge is 0.396 e. The summed E-state index contributed by atoms with van der Waals surface area (Å²) in [4.78, 5) is 6.94. The number of aliphatic hydroxyl groups is 1. The van der Waals surface area contributed by atoms with Crippen molar-refractivity contribution in [3.63, 3.8) is 0 Å². The van der Waals surface area contributed by atoms with Crippen molar-refractivity contribution in [2.45, 2.75) is 58.0 Å². The van der Waals surface area contributed by atoms with Gasteiger partial charge in [-0.2, -0.15) is 4.98 Å². The lowest BCUT2D eigenvalue weighted by Crippen LogP contribution is -2.29. The van der Waals surface area contributed by atoms with Crippen LogP contribution in [0.4, 0.5) is 0 Å².